The van der Waals surface area contributed by atoms with Crippen LogP contribution >= 0.6 is 0 Å². The molecule has 0 saturated carbocycles. The monoisotopic (exact) mass is 315 g/mol. The number of H-pyrrole nitrogens is 1. The van der Waals surface area contributed by atoms with E-state index < -0.39 is 15.3 Å². The molecule has 3 heterocycles. The maximum Gasteiger partial charge on any atom is 0.221 e. The van der Waals surface area contributed by atoms with E-state index in [4.69, 9.17) is 4.74 Å². The summed E-state index contributed by atoms with van der Waals surface area (Å²) in [4.78, 5) is 6.10. The van der Waals surface area contributed by atoms with Crippen molar-refractivity contribution in [3.8, 4) is 0 Å². The first-order valence-electron chi connectivity index (χ1n) is 7.12. The van der Waals surface area contributed by atoms with Crippen molar-refractivity contribution < 1.29 is 13.2 Å². The number of aromatic nitrogens is 3. The Morgan fingerprint density at radius 1 is 1.33 bits per heavy atom. The number of sulfonamides is 1. The van der Waals surface area contributed by atoms with Gasteiger partial charge in [0.15, 0.2) is 0 Å². The molecule has 1 aromatic heterocycles. The van der Waals surface area contributed by atoms with Crippen molar-refractivity contribution in [2.24, 2.45) is 0 Å². The maximum absolute atomic E-state index is 12.7. The first kappa shape index (κ1) is 14.7. The fraction of sp³-hybridized carbons (Fsp3) is 0.833. The largest absolute Gasteiger partial charge is 0.374 e. The molecule has 9 heteroatoms. The molecule has 8 nitrogen and oxygen atoms in total. The molecular formula is C12H21N5O3S. The predicted molar refractivity (Wildman–Crippen MR) is 77.5 cm³/mol. The molecule has 0 radical (unpaired) electrons. The lowest BCUT2D eigenvalue weighted by molar-refractivity contribution is 0.0367. The average Bonchev–Trinajstić information content (AvgIpc) is 3.08. The van der Waals surface area contributed by atoms with Crippen LogP contribution in [0, 0.1) is 0 Å². The Hall–Kier alpha value is -1.19. The van der Waals surface area contributed by atoms with Crippen molar-refractivity contribution in [3.05, 3.63) is 6.33 Å². The molecular weight excluding hydrogens is 294 g/mol. The summed E-state index contributed by atoms with van der Waals surface area (Å²) < 4.78 is 32.5. The van der Waals surface area contributed by atoms with Crippen molar-refractivity contribution in [3.63, 3.8) is 0 Å². The fourth-order valence-electron chi connectivity index (χ4n) is 2.89. The Bertz CT molecular complexity index is 578. The normalized spacial score (nSPS) is 27.1. The predicted octanol–water partition coefficient (Wildman–Crippen LogP) is -0.176. The molecule has 2 aliphatic rings. The second kappa shape index (κ2) is 5.22. The first-order valence-corrected chi connectivity index (χ1v) is 8.62. The molecule has 21 heavy (non-hydrogen) atoms. The molecule has 2 saturated heterocycles. The second-order valence-corrected chi connectivity index (χ2v) is 8.35. The Morgan fingerprint density at radius 2 is 2.05 bits per heavy atom. The number of piperazine rings is 1. The molecule has 0 aromatic carbocycles. The highest BCUT2D eigenvalue weighted by Gasteiger charge is 2.43. The van der Waals surface area contributed by atoms with E-state index in [1.54, 1.807) is 4.31 Å². The van der Waals surface area contributed by atoms with Crippen LogP contribution in [0.15, 0.2) is 6.33 Å². The first-order chi connectivity index (χ1) is 9.88. The van der Waals surface area contributed by atoms with Gasteiger partial charge in [-0.25, -0.2) is 13.5 Å². The SMILES string of the molecule is CC1(C)C[C@H](S(=O)(=O)N2CCN(c3ncn[nH]3)CC2)CO1. The summed E-state index contributed by atoms with van der Waals surface area (Å²) in [6.45, 7) is 6.34. The number of aromatic amines is 1. The van der Waals surface area contributed by atoms with Crippen molar-refractivity contribution in [1.29, 1.82) is 0 Å². The summed E-state index contributed by atoms with van der Waals surface area (Å²) >= 11 is 0. The number of nitrogens with one attached hydrogen (secondary N) is 1. The van der Waals surface area contributed by atoms with E-state index in [1.807, 2.05) is 18.7 Å². The molecule has 0 unspecified atom stereocenters. The van der Waals surface area contributed by atoms with Crippen LogP contribution in [0.1, 0.15) is 20.3 Å². The molecule has 118 valence electrons. The lowest BCUT2D eigenvalue weighted by Gasteiger charge is -2.34. The van der Waals surface area contributed by atoms with Gasteiger partial charge in [-0.3, -0.25) is 0 Å². The minimum atomic E-state index is -3.29. The van der Waals surface area contributed by atoms with Crippen LogP contribution in [0.3, 0.4) is 0 Å². The molecule has 0 aliphatic carbocycles. The highest BCUT2D eigenvalue weighted by Crippen LogP contribution is 2.30. The average molecular weight is 315 g/mol. The summed E-state index contributed by atoms with van der Waals surface area (Å²) in [6, 6.07) is 0. The van der Waals surface area contributed by atoms with E-state index in [0.717, 1.165) is 0 Å². The lowest BCUT2D eigenvalue weighted by atomic mass is 10.1. The third kappa shape index (κ3) is 2.90. The van der Waals surface area contributed by atoms with Crippen LogP contribution < -0.4 is 4.90 Å². The quantitative estimate of drug-likeness (QED) is 0.832. The highest BCUT2D eigenvalue weighted by atomic mass is 32.2. The van der Waals surface area contributed by atoms with Gasteiger partial charge < -0.3 is 9.64 Å². The van der Waals surface area contributed by atoms with E-state index in [1.165, 1.54) is 6.33 Å². The Morgan fingerprint density at radius 3 is 2.57 bits per heavy atom. The molecule has 2 fully saturated rings. The molecule has 0 amide bonds. The third-order valence-corrected chi connectivity index (χ3v) is 6.33. The Labute approximate surface area is 124 Å². The van der Waals surface area contributed by atoms with Gasteiger partial charge in [-0.2, -0.15) is 14.4 Å². The standard InChI is InChI=1S/C12H21N5O3S/c1-12(2)7-10(8-20-12)21(18,19)17-5-3-16(4-6-17)11-13-9-14-15-11/h9-10H,3-8H2,1-2H3,(H,13,14,15)/t10-/m0/s1. The maximum atomic E-state index is 12.7. The zero-order valence-electron chi connectivity index (χ0n) is 12.3. The van der Waals surface area contributed by atoms with Crippen LogP contribution in [0.2, 0.25) is 0 Å². The summed E-state index contributed by atoms with van der Waals surface area (Å²) in [7, 11) is -3.29. The van der Waals surface area contributed by atoms with E-state index >= 15 is 0 Å². The molecule has 0 bridgehead atoms. The summed E-state index contributed by atoms with van der Waals surface area (Å²) in [5.74, 6) is 0.692. The zero-order valence-corrected chi connectivity index (χ0v) is 13.1. The second-order valence-electron chi connectivity index (χ2n) is 6.14. The number of nitrogens with zero attached hydrogens (tertiary/aromatic N) is 4. The number of hydrogen-bond acceptors (Lipinski definition) is 6. The van der Waals surface area contributed by atoms with E-state index in [2.05, 4.69) is 15.2 Å². The van der Waals surface area contributed by atoms with Crippen molar-refractivity contribution >= 4 is 16.0 Å². The van der Waals surface area contributed by atoms with Gasteiger partial charge in [0.25, 0.3) is 0 Å². The van der Waals surface area contributed by atoms with Gasteiger partial charge in [0, 0.05) is 26.2 Å². The summed E-state index contributed by atoms with van der Waals surface area (Å²) in [5, 5.41) is 6.19. The summed E-state index contributed by atoms with van der Waals surface area (Å²) in [5.41, 5.74) is -0.348. The summed E-state index contributed by atoms with van der Waals surface area (Å²) in [6.07, 6.45) is 2.01. The van der Waals surface area contributed by atoms with Gasteiger partial charge >= 0.3 is 0 Å². The fourth-order valence-corrected chi connectivity index (χ4v) is 4.84. The van der Waals surface area contributed by atoms with Crippen LogP contribution in [-0.4, -0.2) is 71.5 Å². The van der Waals surface area contributed by atoms with Gasteiger partial charge in [-0.1, -0.05) is 0 Å². The van der Waals surface area contributed by atoms with Crippen LogP contribution in [0.4, 0.5) is 5.95 Å². The van der Waals surface area contributed by atoms with Crippen molar-refractivity contribution in [2.45, 2.75) is 31.1 Å². The van der Waals surface area contributed by atoms with Crippen LogP contribution in [-0.2, 0) is 14.8 Å². The van der Waals surface area contributed by atoms with E-state index in [9.17, 15) is 8.42 Å². The van der Waals surface area contributed by atoms with Gasteiger partial charge in [-0.05, 0) is 20.3 Å². The number of rotatable bonds is 3. The molecule has 1 atom stereocenters. The van der Waals surface area contributed by atoms with Gasteiger partial charge in [0.1, 0.15) is 11.6 Å². The van der Waals surface area contributed by atoms with Gasteiger partial charge in [-0.15, -0.1) is 0 Å². The topological polar surface area (TPSA) is 91.4 Å². The van der Waals surface area contributed by atoms with Crippen molar-refractivity contribution in [1.82, 2.24) is 19.5 Å². The molecule has 1 N–H and O–H groups in total. The van der Waals surface area contributed by atoms with Crippen LogP contribution in [0.25, 0.3) is 0 Å². The van der Waals surface area contributed by atoms with Crippen LogP contribution in [0.5, 0.6) is 0 Å². The number of anilines is 1. The minimum absolute atomic E-state index is 0.289. The number of hydrogen-bond donors (Lipinski definition) is 1. The van der Waals surface area contributed by atoms with Crippen molar-refractivity contribution in [2.75, 3.05) is 37.7 Å². The lowest BCUT2D eigenvalue weighted by Crippen LogP contribution is -2.51. The van der Waals surface area contributed by atoms with Gasteiger partial charge in [0.2, 0.25) is 16.0 Å². The number of ether oxygens (including phenoxy) is 1. The van der Waals surface area contributed by atoms with E-state index in [-0.39, 0.29) is 12.2 Å². The molecule has 0 spiro atoms. The Kier molecular flexibility index (Phi) is 3.66. The minimum Gasteiger partial charge on any atom is -0.374 e. The third-order valence-electron chi connectivity index (χ3n) is 4.10. The van der Waals surface area contributed by atoms with Gasteiger partial charge in [0.05, 0.1) is 12.2 Å². The van der Waals surface area contributed by atoms with E-state index in [0.29, 0.717) is 38.5 Å². The smallest absolute Gasteiger partial charge is 0.221 e. The Balaban J connectivity index is 1.64. The molecule has 3 rings (SSSR count). The highest BCUT2D eigenvalue weighted by molar-refractivity contribution is 7.89. The zero-order chi connectivity index (χ0) is 15.1. The molecule has 2 aliphatic heterocycles. The molecule has 1 aromatic rings.